The highest BCUT2D eigenvalue weighted by Crippen LogP contribution is 2.38. The van der Waals surface area contributed by atoms with E-state index in [1.165, 1.54) is 48.2 Å². The Bertz CT molecular complexity index is 1030. The predicted molar refractivity (Wildman–Crippen MR) is 105 cm³/mol. The fourth-order valence-electron chi connectivity index (χ4n) is 3.53. The third-order valence-corrected chi connectivity index (χ3v) is 4.99. The van der Waals surface area contributed by atoms with Gasteiger partial charge in [0, 0.05) is 23.6 Å². The van der Waals surface area contributed by atoms with Gasteiger partial charge in [0.25, 0.3) is 0 Å². The molecule has 0 radical (unpaired) electrons. The van der Waals surface area contributed by atoms with E-state index in [2.05, 4.69) is 6.58 Å². The maximum absolute atomic E-state index is 14.1. The van der Waals surface area contributed by atoms with E-state index in [-0.39, 0.29) is 36.4 Å². The number of halogens is 3. The molecule has 30 heavy (non-hydrogen) atoms. The Hall–Kier alpha value is -3.35. The molecule has 3 rings (SSSR count). The van der Waals surface area contributed by atoms with Crippen molar-refractivity contribution in [1.29, 1.82) is 0 Å². The van der Waals surface area contributed by atoms with Gasteiger partial charge in [0.2, 0.25) is 5.91 Å². The van der Waals surface area contributed by atoms with E-state index in [0.717, 1.165) is 6.07 Å². The number of carbonyl (C=O) groups is 2. The fourth-order valence-corrected chi connectivity index (χ4v) is 3.53. The van der Waals surface area contributed by atoms with Gasteiger partial charge >= 0.3 is 5.97 Å². The van der Waals surface area contributed by atoms with Gasteiger partial charge in [-0.2, -0.15) is 0 Å². The fraction of sp³-hybridized carbons (Fsp3) is 0.217. The second-order valence-corrected chi connectivity index (χ2v) is 6.89. The minimum atomic E-state index is -1.05. The maximum Gasteiger partial charge on any atom is 0.336 e. The molecule has 0 bridgehead atoms. The Morgan fingerprint density at radius 1 is 1.23 bits per heavy atom. The zero-order valence-corrected chi connectivity index (χ0v) is 16.3. The molecule has 0 saturated heterocycles. The molecular weight excluding hydrogens is 395 g/mol. The Labute approximate surface area is 172 Å². The van der Waals surface area contributed by atoms with Crippen molar-refractivity contribution in [2.75, 3.05) is 6.61 Å². The number of benzene rings is 2. The van der Waals surface area contributed by atoms with E-state index in [4.69, 9.17) is 4.74 Å². The summed E-state index contributed by atoms with van der Waals surface area (Å²) in [5, 5.41) is 0. The molecule has 0 saturated carbocycles. The number of esters is 1. The van der Waals surface area contributed by atoms with E-state index in [9.17, 15) is 22.8 Å². The summed E-state index contributed by atoms with van der Waals surface area (Å²) in [4.78, 5) is 26.9. The highest BCUT2D eigenvalue weighted by atomic mass is 19.2. The molecule has 1 heterocycles. The summed E-state index contributed by atoms with van der Waals surface area (Å²) in [5.74, 6) is -4.38. The van der Waals surface area contributed by atoms with Crippen LogP contribution in [0.25, 0.3) is 0 Å². The average molecular weight is 415 g/mol. The van der Waals surface area contributed by atoms with Crippen LogP contribution in [0, 0.1) is 17.5 Å². The van der Waals surface area contributed by atoms with E-state index in [0.29, 0.717) is 5.56 Å². The van der Waals surface area contributed by atoms with Crippen molar-refractivity contribution in [3.05, 3.63) is 95.0 Å². The molecular formula is C23H20F3NO3. The normalized spacial score (nSPS) is 16.6. The molecule has 7 heteroatoms. The first kappa shape index (κ1) is 21.4. The van der Waals surface area contributed by atoms with E-state index in [1.54, 1.807) is 6.07 Å². The largest absolute Gasteiger partial charge is 0.458 e. The zero-order chi connectivity index (χ0) is 21.8. The number of ether oxygens (including phenoxy) is 1. The van der Waals surface area contributed by atoms with E-state index >= 15 is 0 Å². The van der Waals surface area contributed by atoms with Gasteiger partial charge in [0.1, 0.15) is 12.4 Å². The van der Waals surface area contributed by atoms with E-state index in [1.807, 2.05) is 0 Å². The molecule has 1 aliphatic rings. The van der Waals surface area contributed by atoms with Gasteiger partial charge in [0.05, 0.1) is 12.1 Å². The van der Waals surface area contributed by atoms with Crippen LogP contribution in [0.2, 0.25) is 0 Å². The first-order valence-electron chi connectivity index (χ1n) is 9.31. The van der Waals surface area contributed by atoms with Crippen molar-refractivity contribution in [2.24, 2.45) is 0 Å². The average Bonchev–Trinajstić information content (AvgIpc) is 2.71. The Kier molecular flexibility index (Phi) is 6.40. The number of allylic oxidation sites excluding steroid dienone is 1. The lowest BCUT2D eigenvalue weighted by atomic mass is 9.83. The van der Waals surface area contributed by atoms with Crippen LogP contribution in [0.4, 0.5) is 13.2 Å². The zero-order valence-electron chi connectivity index (χ0n) is 16.3. The minimum Gasteiger partial charge on any atom is -0.458 e. The monoisotopic (exact) mass is 415 g/mol. The van der Waals surface area contributed by atoms with Crippen molar-refractivity contribution in [2.45, 2.75) is 25.8 Å². The van der Waals surface area contributed by atoms with Crippen molar-refractivity contribution < 1.29 is 27.5 Å². The van der Waals surface area contributed by atoms with Crippen LogP contribution in [-0.4, -0.2) is 23.4 Å². The highest BCUT2D eigenvalue weighted by Gasteiger charge is 2.37. The Morgan fingerprint density at radius 2 is 1.97 bits per heavy atom. The third kappa shape index (κ3) is 4.30. The summed E-state index contributed by atoms with van der Waals surface area (Å²) >= 11 is 0. The number of amides is 1. The van der Waals surface area contributed by atoms with Crippen LogP contribution in [0.3, 0.4) is 0 Å². The molecule has 0 unspecified atom stereocenters. The highest BCUT2D eigenvalue weighted by molar-refractivity contribution is 5.95. The second-order valence-electron chi connectivity index (χ2n) is 6.89. The van der Waals surface area contributed by atoms with E-state index < -0.39 is 35.2 Å². The molecule has 0 N–H and O–H groups in total. The van der Waals surface area contributed by atoms with Crippen molar-refractivity contribution >= 4 is 11.9 Å². The van der Waals surface area contributed by atoms with Crippen LogP contribution < -0.4 is 0 Å². The van der Waals surface area contributed by atoms with Gasteiger partial charge in [-0.05, 0) is 30.7 Å². The quantitative estimate of drug-likeness (QED) is 0.511. The topological polar surface area (TPSA) is 46.6 Å². The summed E-state index contributed by atoms with van der Waals surface area (Å²) < 4.78 is 46.7. The van der Waals surface area contributed by atoms with Gasteiger partial charge in [-0.15, -0.1) is 0 Å². The standard InChI is InChI=1S/C23H20F3NO3/c1-3-10-30-23(29)21-14(2)27(13-16-7-5-9-19(25)22(16)26)20(28)12-18(21)15-6-4-8-17(24)11-15/h3-9,11,18H,1,10,12-13H2,2H3/t18-/m0/s1. The summed E-state index contributed by atoms with van der Waals surface area (Å²) in [7, 11) is 0. The molecule has 2 aromatic carbocycles. The summed E-state index contributed by atoms with van der Waals surface area (Å²) in [6, 6.07) is 9.33. The lowest BCUT2D eigenvalue weighted by Crippen LogP contribution is -2.38. The van der Waals surface area contributed by atoms with Crippen molar-refractivity contribution in [3.8, 4) is 0 Å². The van der Waals surface area contributed by atoms with Gasteiger partial charge in [-0.25, -0.2) is 18.0 Å². The van der Waals surface area contributed by atoms with Crippen LogP contribution in [0.15, 0.2) is 66.4 Å². The van der Waals surface area contributed by atoms with Gasteiger partial charge < -0.3 is 9.64 Å². The Balaban J connectivity index is 2.05. The molecule has 156 valence electrons. The molecule has 1 atom stereocenters. The Morgan fingerprint density at radius 3 is 2.67 bits per heavy atom. The third-order valence-electron chi connectivity index (χ3n) is 4.99. The van der Waals surface area contributed by atoms with Crippen LogP contribution in [0.1, 0.15) is 30.4 Å². The molecule has 1 aliphatic heterocycles. The minimum absolute atomic E-state index is 0.0225. The van der Waals surface area contributed by atoms with Crippen molar-refractivity contribution in [1.82, 2.24) is 4.90 Å². The van der Waals surface area contributed by atoms with Crippen LogP contribution in [-0.2, 0) is 20.9 Å². The number of hydrogen-bond acceptors (Lipinski definition) is 3. The molecule has 0 fully saturated rings. The summed E-state index contributed by atoms with van der Waals surface area (Å²) in [6.07, 6.45) is 1.26. The van der Waals surface area contributed by atoms with Crippen molar-refractivity contribution in [3.63, 3.8) is 0 Å². The molecule has 4 nitrogen and oxygen atoms in total. The van der Waals surface area contributed by atoms with Crippen LogP contribution in [0.5, 0.6) is 0 Å². The number of rotatable bonds is 6. The molecule has 1 amide bonds. The maximum atomic E-state index is 14.1. The summed E-state index contributed by atoms with van der Waals surface area (Å²) in [6.45, 7) is 4.74. The summed E-state index contributed by atoms with van der Waals surface area (Å²) in [5.41, 5.74) is 0.840. The lowest BCUT2D eigenvalue weighted by Gasteiger charge is -2.34. The lowest BCUT2D eigenvalue weighted by molar-refractivity contribution is -0.139. The molecule has 2 aromatic rings. The van der Waals surface area contributed by atoms with Gasteiger partial charge in [0.15, 0.2) is 11.6 Å². The number of hydrogen-bond donors (Lipinski definition) is 0. The number of carbonyl (C=O) groups excluding carboxylic acids is 2. The second kappa shape index (κ2) is 8.98. The SMILES string of the molecule is C=CCOC(=O)C1=C(C)N(Cc2cccc(F)c2F)C(=O)C[C@H]1c1cccc(F)c1. The molecule has 0 aromatic heterocycles. The van der Waals surface area contributed by atoms with Gasteiger partial charge in [-0.3, -0.25) is 4.79 Å². The first-order chi connectivity index (χ1) is 14.3. The number of nitrogens with zero attached hydrogens (tertiary/aromatic N) is 1. The smallest absolute Gasteiger partial charge is 0.336 e. The first-order valence-corrected chi connectivity index (χ1v) is 9.31. The molecule has 0 spiro atoms. The predicted octanol–water partition coefficient (Wildman–Crippen LogP) is 4.62. The molecule has 0 aliphatic carbocycles. The van der Waals surface area contributed by atoms with Gasteiger partial charge in [-0.1, -0.05) is 36.9 Å². The van der Waals surface area contributed by atoms with Crippen LogP contribution >= 0.6 is 0 Å².